The van der Waals surface area contributed by atoms with Crippen molar-refractivity contribution in [2.45, 2.75) is 6.61 Å². The Morgan fingerprint density at radius 3 is 3.00 bits per heavy atom. The van der Waals surface area contributed by atoms with Crippen LogP contribution in [0, 0.1) is 6.07 Å². The molecule has 0 fully saturated rings. The third kappa shape index (κ3) is 2.84. The Bertz CT molecular complexity index is 493. The first kappa shape index (κ1) is 11.2. The Morgan fingerprint density at radius 1 is 1.53 bits per heavy atom. The van der Waals surface area contributed by atoms with E-state index in [0.29, 0.717) is 11.5 Å². The topological polar surface area (TPSA) is 64.4 Å². The van der Waals surface area contributed by atoms with Crippen LogP contribution in [0.4, 0.5) is 4.79 Å². The van der Waals surface area contributed by atoms with Gasteiger partial charge in [0.25, 0.3) is 0 Å². The zero-order valence-corrected chi connectivity index (χ0v) is 9.27. The fourth-order valence-electron chi connectivity index (χ4n) is 1.28. The summed E-state index contributed by atoms with van der Waals surface area (Å²) in [5.74, 6) is 0.497. The number of carbonyl (C=O) groups excluding carboxylic acids is 1. The molecule has 1 N–H and O–H groups in total. The van der Waals surface area contributed by atoms with Crippen molar-refractivity contribution in [2.75, 3.05) is 7.05 Å². The second-order valence-electron chi connectivity index (χ2n) is 3.29. The summed E-state index contributed by atoms with van der Waals surface area (Å²) in [6.45, 7) is 0.0611. The average Bonchev–Trinajstić information content (AvgIpc) is 2.86. The number of rotatable bonds is 3. The highest BCUT2D eigenvalue weighted by atomic mass is 16.6. The molecule has 2 aromatic rings. The maximum Gasteiger partial charge on any atom is 0.407 e. The maximum absolute atomic E-state index is 10.9. The lowest BCUT2D eigenvalue weighted by Gasteiger charge is -1.98. The van der Waals surface area contributed by atoms with Gasteiger partial charge in [-0.2, -0.15) is 0 Å². The van der Waals surface area contributed by atoms with Gasteiger partial charge in [0.2, 0.25) is 0 Å². The van der Waals surface area contributed by atoms with E-state index in [1.54, 1.807) is 18.2 Å². The van der Waals surface area contributed by atoms with E-state index >= 15 is 0 Å². The third-order valence-electron chi connectivity index (χ3n) is 2.12. The minimum atomic E-state index is -0.503. The van der Waals surface area contributed by atoms with Crippen LogP contribution in [0.15, 0.2) is 34.9 Å². The van der Waals surface area contributed by atoms with Crippen molar-refractivity contribution in [2.24, 2.45) is 0 Å². The van der Waals surface area contributed by atoms with Gasteiger partial charge in [0.05, 0.1) is 0 Å². The Balaban J connectivity index is 2.04. The minimum absolute atomic E-state index is 0.0611. The predicted octanol–water partition coefficient (Wildman–Crippen LogP) is 2.00. The number of aromatic nitrogens is 1. The molecule has 1 heterocycles. The van der Waals surface area contributed by atoms with Crippen molar-refractivity contribution >= 4 is 6.09 Å². The molecular weight excluding hydrogens is 220 g/mol. The normalized spacial score (nSPS) is 9.94. The summed E-state index contributed by atoms with van der Waals surface area (Å²) in [4.78, 5) is 10.9. The Labute approximate surface area is 98.4 Å². The van der Waals surface area contributed by atoms with Crippen LogP contribution in [0.3, 0.4) is 0 Å². The van der Waals surface area contributed by atoms with Gasteiger partial charge in [-0.15, -0.1) is 0 Å². The van der Waals surface area contributed by atoms with Gasteiger partial charge in [0, 0.05) is 18.7 Å². The molecule has 0 spiro atoms. The van der Waals surface area contributed by atoms with Crippen LogP contribution in [-0.2, 0) is 11.3 Å². The summed E-state index contributed by atoms with van der Waals surface area (Å²) < 4.78 is 9.89. The van der Waals surface area contributed by atoms with Gasteiger partial charge in [-0.05, 0) is 6.07 Å². The molecule has 1 radical (unpaired) electrons. The Kier molecular flexibility index (Phi) is 3.40. The minimum Gasteiger partial charge on any atom is -0.441 e. The van der Waals surface area contributed by atoms with Crippen LogP contribution in [0.1, 0.15) is 5.76 Å². The molecule has 17 heavy (non-hydrogen) atoms. The molecule has 1 aromatic heterocycles. The molecule has 0 saturated heterocycles. The first-order valence-electron chi connectivity index (χ1n) is 5.06. The molecular formula is C12H11N2O3. The van der Waals surface area contributed by atoms with E-state index in [1.807, 2.05) is 12.1 Å². The first-order chi connectivity index (χ1) is 8.29. The predicted molar refractivity (Wildman–Crippen MR) is 60.0 cm³/mol. The quantitative estimate of drug-likeness (QED) is 0.877. The molecule has 2 rings (SSSR count). The summed E-state index contributed by atoms with van der Waals surface area (Å²) in [6.07, 6.45) is -0.503. The number of carbonyl (C=O) groups is 1. The van der Waals surface area contributed by atoms with Gasteiger partial charge in [0.15, 0.2) is 12.4 Å². The zero-order chi connectivity index (χ0) is 12.1. The molecule has 0 aliphatic carbocycles. The number of nitrogens with one attached hydrogen (secondary N) is 1. The fourth-order valence-corrected chi connectivity index (χ4v) is 1.28. The third-order valence-corrected chi connectivity index (χ3v) is 2.12. The molecule has 87 valence electrons. The van der Waals surface area contributed by atoms with Gasteiger partial charge in [-0.25, -0.2) is 4.79 Å². The number of nitrogens with zero attached hydrogens (tertiary/aromatic N) is 1. The largest absolute Gasteiger partial charge is 0.441 e. The fraction of sp³-hybridized carbons (Fsp3) is 0.167. The molecule has 0 aliphatic rings. The van der Waals surface area contributed by atoms with Crippen molar-refractivity contribution in [3.63, 3.8) is 0 Å². The van der Waals surface area contributed by atoms with E-state index in [4.69, 9.17) is 9.26 Å². The van der Waals surface area contributed by atoms with E-state index in [-0.39, 0.29) is 6.61 Å². The standard InChI is InChI=1S/C12H11N2O3/c1-13-12(15)16-8-10-7-11(14-17-10)9-5-3-2-4-6-9/h3-7H,8H2,1H3,(H,13,15). The monoisotopic (exact) mass is 231 g/mol. The van der Waals surface area contributed by atoms with E-state index in [1.165, 1.54) is 7.05 Å². The van der Waals surface area contributed by atoms with E-state index in [2.05, 4.69) is 16.5 Å². The van der Waals surface area contributed by atoms with Crippen LogP contribution in [0.2, 0.25) is 0 Å². The summed E-state index contributed by atoms with van der Waals surface area (Å²) in [7, 11) is 1.49. The van der Waals surface area contributed by atoms with Crippen LogP contribution in [-0.4, -0.2) is 18.3 Å². The van der Waals surface area contributed by atoms with Crippen molar-refractivity contribution in [1.82, 2.24) is 10.5 Å². The number of hydrogen-bond donors (Lipinski definition) is 1. The van der Waals surface area contributed by atoms with Crippen LogP contribution >= 0.6 is 0 Å². The number of alkyl carbamates (subject to hydrolysis) is 1. The van der Waals surface area contributed by atoms with E-state index < -0.39 is 6.09 Å². The number of benzene rings is 1. The van der Waals surface area contributed by atoms with Gasteiger partial charge in [0.1, 0.15) is 5.69 Å². The molecule has 0 atom stereocenters. The lowest BCUT2D eigenvalue weighted by molar-refractivity contribution is 0.130. The highest BCUT2D eigenvalue weighted by Crippen LogP contribution is 2.18. The summed E-state index contributed by atoms with van der Waals surface area (Å²) in [6, 6.07) is 12.0. The van der Waals surface area contributed by atoms with Crippen molar-refractivity contribution in [3.8, 4) is 11.3 Å². The summed E-state index contributed by atoms with van der Waals surface area (Å²) >= 11 is 0. The second-order valence-corrected chi connectivity index (χ2v) is 3.29. The Morgan fingerprint density at radius 2 is 2.29 bits per heavy atom. The molecule has 5 heteroatoms. The van der Waals surface area contributed by atoms with Gasteiger partial charge < -0.3 is 14.6 Å². The van der Waals surface area contributed by atoms with Crippen LogP contribution in [0.25, 0.3) is 11.3 Å². The Hall–Kier alpha value is -2.30. The SMILES string of the molecule is CNC(=O)OCc1cc(-c2cc[c]cc2)no1. The zero-order valence-electron chi connectivity index (χ0n) is 9.27. The molecule has 1 amide bonds. The number of hydrogen-bond acceptors (Lipinski definition) is 4. The molecule has 5 nitrogen and oxygen atoms in total. The van der Waals surface area contributed by atoms with Crippen molar-refractivity contribution in [3.05, 3.63) is 42.2 Å². The van der Waals surface area contributed by atoms with Gasteiger partial charge >= 0.3 is 6.09 Å². The average molecular weight is 231 g/mol. The summed E-state index contributed by atoms with van der Waals surface area (Å²) in [5, 5.41) is 6.24. The van der Waals surface area contributed by atoms with Gasteiger partial charge in [-0.1, -0.05) is 29.4 Å². The lowest BCUT2D eigenvalue weighted by atomic mass is 10.1. The molecule has 0 bridgehead atoms. The second kappa shape index (κ2) is 5.16. The van der Waals surface area contributed by atoms with Crippen molar-refractivity contribution < 1.29 is 14.1 Å². The van der Waals surface area contributed by atoms with Crippen LogP contribution in [0.5, 0.6) is 0 Å². The number of ether oxygens (including phenoxy) is 1. The highest BCUT2D eigenvalue weighted by Gasteiger charge is 2.07. The van der Waals surface area contributed by atoms with E-state index in [9.17, 15) is 4.79 Å². The highest BCUT2D eigenvalue weighted by molar-refractivity contribution is 5.66. The molecule has 1 aromatic carbocycles. The van der Waals surface area contributed by atoms with Crippen LogP contribution < -0.4 is 5.32 Å². The lowest BCUT2D eigenvalue weighted by Crippen LogP contribution is -2.18. The summed E-state index contributed by atoms with van der Waals surface area (Å²) in [5.41, 5.74) is 1.63. The van der Waals surface area contributed by atoms with Crippen molar-refractivity contribution in [1.29, 1.82) is 0 Å². The smallest absolute Gasteiger partial charge is 0.407 e. The molecule has 0 unspecified atom stereocenters. The van der Waals surface area contributed by atoms with E-state index in [0.717, 1.165) is 5.56 Å². The number of amides is 1. The maximum atomic E-state index is 10.9. The van der Waals surface area contributed by atoms with Gasteiger partial charge in [-0.3, -0.25) is 0 Å². The molecule has 0 saturated carbocycles. The first-order valence-corrected chi connectivity index (χ1v) is 5.06. The molecule has 0 aliphatic heterocycles.